The highest BCUT2D eigenvalue weighted by Gasteiger charge is 2.31. The number of sulfonamides is 1. The van der Waals surface area contributed by atoms with Gasteiger partial charge in [0.15, 0.2) is 0 Å². The number of carbonyl (C=O) groups excluding carboxylic acids is 1. The average molecular weight is 400 g/mol. The van der Waals surface area contributed by atoms with Crippen LogP contribution in [0, 0.1) is 0 Å². The molecule has 0 atom stereocenters. The highest BCUT2D eigenvalue weighted by molar-refractivity contribution is 7.89. The number of nitrogens with zero attached hydrogens (tertiary/aromatic N) is 1. The number of anilines is 1. The minimum absolute atomic E-state index is 0.186. The number of nitrogens with one attached hydrogen (secondary N) is 1. The van der Waals surface area contributed by atoms with Gasteiger partial charge in [-0.05, 0) is 37.1 Å². The van der Waals surface area contributed by atoms with Crippen molar-refractivity contribution in [3.8, 4) is 0 Å². The highest BCUT2D eigenvalue weighted by Crippen LogP contribution is 2.28. The summed E-state index contributed by atoms with van der Waals surface area (Å²) < 4.78 is 24.7. The average Bonchev–Trinajstić information content (AvgIpc) is 2.76. The Bertz CT molecular complexity index is 649. The summed E-state index contributed by atoms with van der Waals surface area (Å²) in [7, 11) is -3.52. The first kappa shape index (κ1) is 18.8. The summed E-state index contributed by atoms with van der Waals surface area (Å²) in [4.78, 5) is 11.8. The summed E-state index contributed by atoms with van der Waals surface area (Å²) in [5.74, 6) is -0.800. The van der Waals surface area contributed by atoms with Gasteiger partial charge in [-0.2, -0.15) is 4.31 Å². The Balaban J connectivity index is 2.13. The fraction of sp³-hybridized carbons (Fsp3) is 0.500. The van der Waals surface area contributed by atoms with Crippen molar-refractivity contribution in [3.63, 3.8) is 0 Å². The maximum Gasteiger partial charge on any atom is 0.276 e. The van der Waals surface area contributed by atoms with Crippen LogP contribution in [-0.2, 0) is 14.8 Å². The van der Waals surface area contributed by atoms with Gasteiger partial charge in [0, 0.05) is 18.8 Å². The van der Waals surface area contributed by atoms with Crippen molar-refractivity contribution in [1.82, 2.24) is 4.31 Å². The van der Waals surface area contributed by atoms with Crippen molar-refractivity contribution in [2.24, 2.45) is 0 Å². The van der Waals surface area contributed by atoms with Crippen molar-refractivity contribution < 1.29 is 13.2 Å². The lowest BCUT2D eigenvalue weighted by atomic mass is 10.2. The lowest BCUT2D eigenvalue weighted by Crippen LogP contribution is -2.32. The number of alkyl halides is 3. The molecule has 0 bridgehead atoms. The van der Waals surface area contributed by atoms with E-state index in [4.69, 9.17) is 34.8 Å². The van der Waals surface area contributed by atoms with Gasteiger partial charge in [0.1, 0.15) is 0 Å². The standard InChI is InChI=1S/C14H17Cl3N2O3S/c15-14(16,17)13(20)18-11-5-7-12(8-6-11)23(21,22)19-9-3-1-2-4-10-19/h5-8H,1-4,9-10H2,(H,18,20). The summed E-state index contributed by atoms with van der Waals surface area (Å²) in [6.45, 7) is 1.07. The number of halogens is 3. The predicted octanol–water partition coefficient (Wildman–Crippen LogP) is 3.56. The zero-order chi connectivity index (χ0) is 17.1. The third kappa shape index (κ3) is 4.97. The molecule has 0 spiro atoms. The van der Waals surface area contributed by atoms with E-state index in [-0.39, 0.29) is 4.90 Å². The van der Waals surface area contributed by atoms with Crippen LogP contribution >= 0.6 is 34.8 Å². The molecule has 1 saturated heterocycles. The molecule has 1 N–H and O–H groups in total. The molecule has 1 aliphatic rings. The van der Waals surface area contributed by atoms with E-state index < -0.39 is 19.7 Å². The van der Waals surface area contributed by atoms with Crippen LogP contribution in [0.1, 0.15) is 25.7 Å². The monoisotopic (exact) mass is 398 g/mol. The molecule has 0 aromatic heterocycles. The van der Waals surface area contributed by atoms with Crippen LogP contribution in [0.2, 0.25) is 0 Å². The summed E-state index contributed by atoms with van der Waals surface area (Å²) in [6, 6.07) is 5.82. The molecule has 0 unspecified atom stereocenters. The number of carbonyl (C=O) groups is 1. The van der Waals surface area contributed by atoms with Gasteiger partial charge in [-0.3, -0.25) is 4.79 Å². The first-order chi connectivity index (χ1) is 10.7. The predicted molar refractivity (Wildman–Crippen MR) is 92.6 cm³/mol. The van der Waals surface area contributed by atoms with Crippen molar-refractivity contribution in [2.45, 2.75) is 34.4 Å². The van der Waals surface area contributed by atoms with Gasteiger partial charge >= 0.3 is 0 Å². The quantitative estimate of drug-likeness (QED) is 0.790. The van der Waals surface area contributed by atoms with Crippen molar-refractivity contribution >= 4 is 56.4 Å². The van der Waals surface area contributed by atoms with Gasteiger partial charge in [-0.15, -0.1) is 0 Å². The summed E-state index contributed by atoms with van der Waals surface area (Å²) >= 11 is 16.4. The summed E-state index contributed by atoms with van der Waals surface area (Å²) in [5, 5.41) is 2.41. The molecule has 1 amide bonds. The molecule has 0 radical (unpaired) electrons. The topological polar surface area (TPSA) is 66.5 Å². The van der Waals surface area contributed by atoms with Gasteiger partial charge in [0.05, 0.1) is 4.90 Å². The molecule has 5 nitrogen and oxygen atoms in total. The minimum atomic E-state index is -3.52. The molecule has 1 aliphatic heterocycles. The molecule has 1 aromatic carbocycles. The van der Waals surface area contributed by atoms with Gasteiger partial charge in [-0.1, -0.05) is 47.6 Å². The maximum absolute atomic E-state index is 12.6. The largest absolute Gasteiger partial charge is 0.322 e. The number of hydrogen-bond donors (Lipinski definition) is 1. The molecule has 1 fully saturated rings. The maximum atomic E-state index is 12.6. The fourth-order valence-electron chi connectivity index (χ4n) is 2.34. The van der Waals surface area contributed by atoms with Crippen molar-refractivity contribution in [2.75, 3.05) is 18.4 Å². The van der Waals surface area contributed by atoms with Crippen LogP contribution < -0.4 is 5.32 Å². The Labute approximate surface area is 150 Å². The van der Waals surface area contributed by atoms with E-state index >= 15 is 0 Å². The zero-order valence-electron chi connectivity index (χ0n) is 12.3. The van der Waals surface area contributed by atoms with Crippen LogP contribution in [-0.4, -0.2) is 35.5 Å². The van der Waals surface area contributed by atoms with E-state index in [9.17, 15) is 13.2 Å². The van der Waals surface area contributed by atoms with Crippen LogP contribution in [0.5, 0.6) is 0 Å². The molecule has 9 heteroatoms. The van der Waals surface area contributed by atoms with Crippen LogP contribution in [0.25, 0.3) is 0 Å². The number of rotatable bonds is 3. The Morgan fingerprint density at radius 3 is 2.00 bits per heavy atom. The van der Waals surface area contributed by atoms with E-state index in [2.05, 4.69) is 5.32 Å². The SMILES string of the molecule is O=C(Nc1ccc(S(=O)(=O)N2CCCCCC2)cc1)C(Cl)(Cl)Cl. The number of hydrogen-bond acceptors (Lipinski definition) is 3. The van der Waals surface area contributed by atoms with E-state index in [0.29, 0.717) is 18.8 Å². The molecule has 23 heavy (non-hydrogen) atoms. The molecule has 1 heterocycles. The first-order valence-electron chi connectivity index (χ1n) is 7.19. The van der Waals surface area contributed by atoms with Crippen LogP contribution in [0.15, 0.2) is 29.2 Å². The molecular weight excluding hydrogens is 383 g/mol. The molecule has 0 aliphatic carbocycles. The van der Waals surface area contributed by atoms with E-state index in [1.165, 1.54) is 28.6 Å². The third-order valence-corrected chi connectivity index (χ3v) is 6.00. The number of benzene rings is 1. The zero-order valence-corrected chi connectivity index (χ0v) is 15.4. The highest BCUT2D eigenvalue weighted by atomic mass is 35.6. The molecule has 0 saturated carbocycles. The summed E-state index contributed by atoms with van der Waals surface area (Å²) in [6.07, 6.45) is 3.84. The van der Waals surface area contributed by atoms with Crippen molar-refractivity contribution in [3.05, 3.63) is 24.3 Å². The van der Waals surface area contributed by atoms with Gasteiger partial charge in [-0.25, -0.2) is 8.42 Å². The van der Waals surface area contributed by atoms with E-state index in [1.807, 2.05) is 0 Å². The molecular formula is C14H17Cl3N2O3S. The molecule has 1 aromatic rings. The lowest BCUT2D eigenvalue weighted by Gasteiger charge is -2.20. The smallest absolute Gasteiger partial charge is 0.276 e. The third-order valence-electron chi connectivity index (χ3n) is 3.57. The van der Waals surface area contributed by atoms with E-state index in [1.54, 1.807) is 0 Å². The van der Waals surface area contributed by atoms with Crippen LogP contribution in [0.3, 0.4) is 0 Å². The Hall–Kier alpha value is -0.530. The van der Waals surface area contributed by atoms with E-state index in [0.717, 1.165) is 25.7 Å². The second-order valence-electron chi connectivity index (χ2n) is 5.29. The van der Waals surface area contributed by atoms with Gasteiger partial charge in [0.25, 0.3) is 9.70 Å². The Morgan fingerprint density at radius 2 is 1.52 bits per heavy atom. The molecule has 2 rings (SSSR count). The van der Waals surface area contributed by atoms with Crippen molar-refractivity contribution in [1.29, 1.82) is 0 Å². The van der Waals surface area contributed by atoms with Gasteiger partial charge < -0.3 is 5.32 Å². The summed E-state index contributed by atoms with van der Waals surface area (Å²) in [5.41, 5.74) is 0.358. The fourth-order valence-corrected chi connectivity index (χ4v) is 4.00. The first-order valence-corrected chi connectivity index (χ1v) is 9.77. The van der Waals surface area contributed by atoms with Gasteiger partial charge in [0.2, 0.25) is 10.0 Å². The second kappa shape index (κ2) is 7.57. The molecule has 128 valence electrons. The minimum Gasteiger partial charge on any atom is -0.322 e. The Kier molecular flexibility index (Phi) is 6.19. The van der Waals surface area contributed by atoms with Crippen LogP contribution in [0.4, 0.5) is 5.69 Å². The second-order valence-corrected chi connectivity index (χ2v) is 9.51. The Morgan fingerprint density at radius 1 is 1.00 bits per heavy atom. The number of amides is 1. The lowest BCUT2D eigenvalue weighted by molar-refractivity contribution is -0.115. The normalized spacial score (nSPS) is 17.5.